The second kappa shape index (κ2) is 7.37. The van der Waals surface area contributed by atoms with Crippen molar-refractivity contribution >= 4 is 5.91 Å². The number of furan rings is 1. The van der Waals surface area contributed by atoms with Crippen LogP contribution in [-0.4, -0.2) is 30.0 Å². The second-order valence-corrected chi connectivity index (χ2v) is 6.70. The van der Waals surface area contributed by atoms with Crippen molar-refractivity contribution in [1.82, 2.24) is 4.90 Å². The Hall–Kier alpha value is -2.92. The van der Waals surface area contributed by atoms with Crippen molar-refractivity contribution in [3.63, 3.8) is 0 Å². The van der Waals surface area contributed by atoms with Crippen molar-refractivity contribution in [3.8, 4) is 11.3 Å². The number of carbonyl (C=O) groups excluding carboxylic acids is 1. The number of nitrogens with zero attached hydrogens (tertiary/aromatic N) is 1. The van der Waals surface area contributed by atoms with Gasteiger partial charge in [0.1, 0.15) is 17.7 Å². The number of rotatable bonds is 3. The van der Waals surface area contributed by atoms with Gasteiger partial charge in [0.2, 0.25) is 0 Å². The molecule has 0 saturated carbocycles. The number of carbonyl (C=O) groups is 1. The maximum absolute atomic E-state index is 14.0. The normalized spacial score (nSPS) is 19.9. The molecule has 5 heteroatoms. The third-order valence-electron chi connectivity index (χ3n) is 4.67. The molecule has 0 bridgehead atoms. The maximum atomic E-state index is 14.0. The van der Waals surface area contributed by atoms with Crippen LogP contribution in [0.2, 0.25) is 0 Å². The molecule has 4 rings (SSSR count). The van der Waals surface area contributed by atoms with Crippen LogP contribution in [-0.2, 0) is 4.74 Å². The molecule has 1 saturated heterocycles. The van der Waals surface area contributed by atoms with E-state index in [9.17, 15) is 9.18 Å². The molecular weight excluding hydrogens is 345 g/mol. The van der Waals surface area contributed by atoms with E-state index in [1.165, 1.54) is 6.07 Å². The fourth-order valence-corrected chi connectivity index (χ4v) is 3.38. The minimum absolute atomic E-state index is 0.0890. The number of hydrogen-bond donors (Lipinski definition) is 0. The Labute approximate surface area is 157 Å². The first-order valence-electron chi connectivity index (χ1n) is 8.96. The van der Waals surface area contributed by atoms with E-state index in [0.717, 1.165) is 5.56 Å². The van der Waals surface area contributed by atoms with Gasteiger partial charge in [0.05, 0.1) is 18.2 Å². The van der Waals surface area contributed by atoms with E-state index < -0.39 is 0 Å². The van der Waals surface area contributed by atoms with Crippen LogP contribution in [0.5, 0.6) is 0 Å². The van der Waals surface area contributed by atoms with Gasteiger partial charge in [-0.25, -0.2) is 4.39 Å². The van der Waals surface area contributed by atoms with Crippen LogP contribution < -0.4 is 0 Å². The zero-order valence-corrected chi connectivity index (χ0v) is 15.0. The zero-order valence-electron chi connectivity index (χ0n) is 15.0. The predicted molar refractivity (Wildman–Crippen MR) is 99.7 cm³/mol. The van der Waals surface area contributed by atoms with Crippen LogP contribution in [0.25, 0.3) is 11.3 Å². The minimum Gasteiger partial charge on any atom is -0.451 e. The maximum Gasteiger partial charge on any atom is 0.289 e. The summed E-state index contributed by atoms with van der Waals surface area (Å²) in [5.74, 6) is -0.0461. The molecule has 1 amide bonds. The molecule has 0 N–H and O–H groups in total. The van der Waals surface area contributed by atoms with Crippen LogP contribution in [0.3, 0.4) is 0 Å². The van der Waals surface area contributed by atoms with Crippen molar-refractivity contribution in [1.29, 1.82) is 0 Å². The first-order valence-corrected chi connectivity index (χ1v) is 8.96. The van der Waals surface area contributed by atoms with Crippen LogP contribution in [0.15, 0.2) is 71.1 Å². The Morgan fingerprint density at radius 2 is 1.74 bits per heavy atom. The van der Waals surface area contributed by atoms with Gasteiger partial charge in [0, 0.05) is 6.54 Å². The highest BCUT2D eigenvalue weighted by Gasteiger charge is 2.31. The van der Waals surface area contributed by atoms with Gasteiger partial charge in [0.25, 0.3) is 5.91 Å². The highest BCUT2D eigenvalue weighted by Crippen LogP contribution is 2.28. The average molecular weight is 365 g/mol. The van der Waals surface area contributed by atoms with Gasteiger partial charge in [0.15, 0.2) is 5.76 Å². The smallest absolute Gasteiger partial charge is 0.289 e. The summed E-state index contributed by atoms with van der Waals surface area (Å²) in [7, 11) is 0. The first-order chi connectivity index (χ1) is 13.1. The lowest BCUT2D eigenvalue weighted by Gasteiger charge is -2.36. The molecule has 0 aliphatic carbocycles. The summed E-state index contributed by atoms with van der Waals surface area (Å²) in [6.07, 6.45) is -0.270. The van der Waals surface area contributed by atoms with Gasteiger partial charge >= 0.3 is 0 Å². The number of amides is 1. The van der Waals surface area contributed by atoms with Gasteiger partial charge in [-0.3, -0.25) is 4.79 Å². The molecule has 2 unspecified atom stereocenters. The summed E-state index contributed by atoms with van der Waals surface area (Å²) in [5, 5.41) is 0. The molecule has 3 aromatic rings. The highest BCUT2D eigenvalue weighted by atomic mass is 19.1. The molecule has 1 aromatic heterocycles. The Morgan fingerprint density at radius 3 is 2.52 bits per heavy atom. The van der Waals surface area contributed by atoms with Crippen molar-refractivity contribution in [2.24, 2.45) is 0 Å². The van der Waals surface area contributed by atoms with Crippen LogP contribution in [0, 0.1) is 5.82 Å². The molecular formula is C22H20FNO3. The van der Waals surface area contributed by atoms with E-state index in [1.807, 2.05) is 37.3 Å². The molecule has 27 heavy (non-hydrogen) atoms. The van der Waals surface area contributed by atoms with Crippen molar-refractivity contribution in [2.75, 3.05) is 13.1 Å². The van der Waals surface area contributed by atoms with Gasteiger partial charge in [-0.15, -0.1) is 0 Å². The quantitative estimate of drug-likeness (QED) is 0.676. The third kappa shape index (κ3) is 3.64. The lowest BCUT2D eigenvalue weighted by atomic mass is 10.1. The zero-order chi connectivity index (χ0) is 18.8. The molecule has 0 spiro atoms. The Balaban J connectivity index is 1.55. The first kappa shape index (κ1) is 17.5. The minimum atomic E-state index is -0.380. The highest BCUT2D eigenvalue weighted by molar-refractivity contribution is 5.92. The number of morpholine rings is 1. The van der Waals surface area contributed by atoms with Crippen molar-refractivity contribution < 1.29 is 18.3 Å². The molecule has 2 aromatic carbocycles. The Morgan fingerprint density at radius 1 is 1.00 bits per heavy atom. The van der Waals surface area contributed by atoms with E-state index in [0.29, 0.717) is 24.4 Å². The Kier molecular flexibility index (Phi) is 4.77. The molecule has 2 atom stereocenters. The van der Waals surface area contributed by atoms with E-state index in [4.69, 9.17) is 9.15 Å². The summed E-state index contributed by atoms with van der Waals surface area (Å²) < 4.78 is 25.6. The molecule has 0 radical (unpaired) electrons. The molecule has 138 valence electrons. The van der Waals surface area contributed by atoms with Crippen LogP contribution in [0.1, 0.15) is 29.1 Å². The third-order valence-corrected chi connectivity index (χ3v) is 4.67. The summed E-state index contributed by atoms with van der Waals surface area (Å²) in [6, 6.07) is 19.4. The predicted octanol–water partition coefficient (Wildman–Crippen LogP) is 4.69. The second-order valence-electron chi connectivity index (χ2n) is 6.70. The lowest BCUT2D eigenvalue weighted by Crippen LogP contribution is -2.45. The summed E-state index contributed by atoms with van der Waals surface area (Å²) in [6.45, 7) is 2.88. The fraction of sp³-hybridized carbons (Fsp3) is 0.227. The molecule has 1 fully saturated rings. The topological polar surface area (TPSA) is 42.7 Å². The van der Waals surface area contributed by atoms with Crippen LogP contribution >= 0.6 is 0 Å². The van der Waals surface area contributed by atoms with E-state index in [1.54, 1.807) is 35.2 Å². The molecule has 1 aliphatic heterocycles. The van der Waals surface area contributed by atoms with Crippen molar-refractivity contribution in [2.45, 2.75) is 19.1 Å². The molecule has 4 nitrogen and oxygen atoms in total. The van der Waals surface area contributed by atoms with E-state index in [2.05, 4.69) is 0 Å². The Bertz CT molecular complexity index is 937. The summed E-state index contributed by atoms with van der Waals surface area (Å²) >= 11 is 0. The SMILES string of the molecule is CC1CN(C(=O)c2ccc(-c3ccccc3F)o2)CC(c2ccccc2)O1. The van der Waals surface area contributed by atoms with Gasteiger partial charge in [-0.1, -0.05) is 42.5 Å². The van der Waals surface area contributed by atoms with Gasteiger partial charge < -0.3 is 14.1 Å². The summed E-state index contributed by atoms with van der Waals surface area (Å²) in [4.78, 5) is 14.7. The largest absolute Gasteiger partial charge is 0.451 e. The number of hydrogen-bond acceptors (Lipinski definition) is 3. The van der Waals surface area contributed by atoms with Crippen LogP contribution in [0.4, 0.5) is 4.39 Å². The summed E-state index contributed by atoms with van der Waals surface area (Å²) in [5.41, 5.74) is 1.38. The van der Waals surface area contributed by atoms with Crippen molar-refractivity contribution in [3.05, 3.63) is 83.9 Å². The van der Waals surface area contributed by atoms with E-state index in [-0.39, 0.29) is 29.7 Å². The standard InChI is InChI=1S/C22H20FNO3/c1-15-13-24(14-21(26-15)16-7-3-2-4-8-16)22(25)20-12-11-19(27-20)17-9-5-6-10-18(17)23/h2-12,15,21H,13-14H2,1H3. The monoisotopic (exact) mass is 365 g/mol. The van der Waals surface area contributed by atoms with E-state index >= 15 is 0 Å². The molecule has 1 aliphatic rings. The molecule has 2 heterocycles. The average Bonchev–Trinajstić information content (AvgIpc) is 3.18. The number of ether oxygens (including phenoxy) is 1. The van der Waals surface area contributed by atoms with Gasteiger partial charge in [-0.2, -0.15) is 0 Å². The number of halogens is 1. The lowest BCUT2D eigenvalue weighted by molar-refractivity contribution is -0.0697. The fourth-order valence-electron chi connectivity index (χ4n) is 3.38. The number of benzene rings is 2. The van der Waals surface area contributed by atoms with Gasteiger partial charge in [-0.05, 0) is 36.8 Å².